The van der Waals surface area contributed by atoms with Gasteiger partial charge in [-0.15, -0.1) is 0 Å². The summed E-state index contributed by atoms with van der Waals surface area (Å²) in [5, 5.41) is 9.93. The minimum absolute atomic E-state index is 0.0548. The highest BCUT2D eigenvalue weighted by Crippen LogP contribution is 2.38. The molecule has 0 radical (unpaired) electrons. The van der Waals surface area contributed by atoms with Gasteiger partial charge >= 0.3 is 11.9 Å². The number of phosphoric ester groups is 1. The van der Waals surface area contributed by atoms with Crippen LogP contribution in [0.3, 0.4) is 0 Å². The van der Waals surface area contributed by atoms with Crippen molar-refractivity contribution in [1.29, 1.82) is 0 Å². The minimum atomic E-state index is -4.60. The van der Waals surface area contributed by atoms with Gasteiger partial charge in [-0.2, -0.15) is 0 Å². The molecular weight excluding hydrogens is 549 g/mol. The van der Waals surface area contributed by atoms with Crippen LogP contribution in [0, 0.1) is 0 Å². The molecule has 3 atom stereocenters. The fourth-order valence-corrected chi connectivity index (χ4v) is 3.93. The molecule has 0 saturated heterocycles. The monoisotopic (exact) mass is 601 g/mol. The zero-order chi connectivity index (χ0) is 31.0. The minimum Gasteiger partial charge on any atom is -0.756 e. The summed E-state index contributed by atoms with van der Waals surface area (Å²) >= 11 is 0. The molecule has 0 spiro atoms. The van der Waals surface area contributed by atoms with E-state index in [-0.39, 0.29) is 19.6 Å². The molecule has 0 aliphatic rings. The Morgan fingerprint density at radius 1 is 0.951 bits per heavy atom. The highest BCUT2D eigenvalue weighted by molar-refractivity contribution is 7.45. The number of ether oxygens (including phenoxy) is 2. The number of rotatable bonds is 24. The summed E-state index contributed by atoms with van der Waals surface area (Å²) in [5.41, 5.74) is 0. The number of hydrogen-bond donors (Lipinski definition) is 1. The number of phosphoric acid groups is 1. The van der Waals surface area contributed by atoms with Crippen molar-refractivity contribution in [2.75, 3.05) is 47.5 Å². The van der Waals surface area contributed by atoms with Crippen molar-refractivity contribution >= 4 is 19.8 Å². The molecule has 0 bridgehead atoms. The molecule has 11 heteroatoms. The fraction of sp³-hybridized carbons (Fsp3) is 0.667. The normalized spacial score (nSPS) is 15.6. The summed E-state index contributed by atoms with van der Waals surface area (Å²) in [6.45, 7) is 2.90. The van der Waals surface area contributed by atoms with E-state index in [9.17, 15) is 24.2 Å². The number of aliphatic hydroxyl groups excluding tert-OH is 1. The number of nitrogens with zero attached hydrogens (tertiary/aromatic N) is 1. The maximum Gasteiger partial charge on any atom is 0.305 e. The molecule has 0 aliphatic carbocycles. The van der Waals surface area contributed by atoms with Crippen LogP contribution in [0.2, 0.25) is 0 Å². The van der Waals surface area contributed by atoms with Crippen molar-refractivity contribution in [3.05, 3.63) is 48.6 Å². The number of hydrogen-bond acceptors (Lipinski definition) is 9. The SMILES string of the molecule is CCCCC/C=C\C[C@@H](O)/C=C/C=C\C/C=C\CCCC(=O)OC[C@H](COP(=O)([O-])OCC[N+](C)(C)C)OC(C)=O. The largest absolute Gasteiger partial charge is 0.756 e. The fourth-order valence-electron chi connectivity index (χ4n) is 3.20. The van der Waals surface area contributed by atoms with Crippen molar-refractivity contribution in [2.45, 2.75) is 83.8 Å². The van der Waals surface area contributed by atoms with Crippen molar-refractivity contribution in [1.82, 2.24) is 0 Å². The molecule has 0 amide bonds. The molecule has 0 aromatic heterocycles. The molecule has 1 unspecified atom stereocenters. The molecule has 41 heavy (non-hydrogen) atoms. The summed E-state index contributed by atoms with van der Waals surface area (Å²) in [5.74, 6) is -1.14. The number of carbonyl (C=O) groups excluding carboxylic acids is 2. The van der Waals surface area contributed by atoms with Gasteiger partial charge < -0.3 is 33.0 Å². The van der Waals surface area contributed by atoms with Crippen molar-refractivity contribution in [3.63, 3.8) is 0 Å². The Morgan fingerprint density at radius 2 is 1.66 bits per heavy atom. The standard InChI is InChI=1S/C30H52NO9P/c1-6-7-8-9-14-17-20-28(33)21-18-15-12-10-11-13-16-19-22-30(34)37-25-29(40-27(2)32)26-39-41(35,36)38-24-23-31(3,4)5/h11-15,17-18,21,28-29,33H,6-10,16,19-20,22-26H2,1-5H3/b13-11-,15-12-,17-14-,21-18+/t28-,29-/m1/s1. The van der Waals surface area contributed by atoms with Crippen LogP contribution >= 0.6 is 7.82 Å². The third-order valence-electron chi connectivity index (χ3n) is 5.48. The van der Waals surface area contributed by atoms with E-state index in [1.54, 1.807) is 6.08 Å². The predicted octanol–water partition coefficient (Wildman–Crippen LogP) is 4.79. The topological polar surface area (TPSA) is 131 Å². The summed E-state index contributed by atoms with van der Waals surface area (Å²) in [7, 11) is 1.08. The van der Waals surface area contributed by atoms with Crippen LogP contribution < -0.4 is 4.89 Å². The number of aliphatic hydroxyl groups is 1. The van der Waals surface area contributed by atoms with E-state index in [1.807, 2.05) is 57.6 Å². The summed E-state index contributed by atoms with van der Waals surface area (Å²) < 4.78 is 32.2. The second kappa shape index (κ2) is 23.5. The molecule has 0 aromatic carbocycles. The van der Waals surface area contributed by atoms with E-state index in [0.29, 0.717) is 30.3 Å². The van der Waals surface area contributed by atoms with Gasteiger partial charge in [-0.3, -0.25) is 14.2 Å². The van der Waals surface area contributed by atoms with Gasteiger partial charge in [-0.1, -0.05) is 68.4 Å². The number of esters is 2. The molecule has 10 nitrogen and oxygen atoms in total. The Labute approximate surface area is 246 Å². The molecule has 0 saturated carbocycles. The van der Waals surface area contributed by atoms with Gasteiger partial charge in [0.2, 0.25) is 0 Å². The summed E-state index contributed by atoms with van der Waals surface area (Å²) in [4.78, 5) is 35.3. The van der Waals surface area contributed by atoms with Gasteiger partial charge in [-0.05, 0) is 38.5 Å². The highest BCUT2D eigenvalue weighted by Gasteiger charge is 2.20. The van der Waals surface area contributed by atoms with Crippen molar-refractivity contribution < 1.29 is 47.2 Å². The van der Waals surface area contributed by atoms with Crippen molar-refractivity contribution in [2.24, 2.45) is 0 Å². The predicted molar refractivity (Wildman–Crippen MR) is 159 cm³/mol. The molecule has 0 fully saturated rings. The second-order valence-electron chi connectivity index (χ2n) is 10.7. The third-order valence-corrected chi connectivity index (χ3v) is 6.45. The lowest BCUT2D eigenvalue weighted by Crippen LogP contribution is -2.37. The number of unbranched alkanes of at least 4 members (excludes halogenated alkanes) is 4. The van der Waals surface area contributed by atoms with E-state index >= 15 is 0 Å². The van der Waals surface area contributed by atoms with Crippen LogP contribution in [0.1, 0.15) is 71.6 Å². The molecule has 0 rings (SSSR count). The third kappa shape index (κ3) is 27.9. The Morgan fingerprint density at radius 3 is 2.34 bits per heavy atom. The van der Waals surface area contributed by atoms with Crippen molar-refractivity contribution in [3.8, 4) is 0 Å². The van der Waals surface area contributed by atoms with Crippen LogP contribution in [0.5, 0.6) is 0 Å². The van der Waals surface area contributed by atoms with E-state index in [0.717, 1.165) is 12.8 Å². The van der Waals surface area contributed by atoms with Crippen LogP contribution in [-0.2, 0) is 32.7 Å². The number of allylic oxidation sites excluding steroid dienone is 6. The maximum atomic E-state index is 12.0. The maximum absolute atomic E-state index is 12.0. The molecule has 0 heterocycles. The zero-order valence-electron chi connectivity index (χ0n) is 25.6. The highest BCUT2D eigenvalue weighted by atomic mass is 31.2. The zero-order valence-corrected chi connectivity index (χ0v) is 26.5. The van der Waals surface area contributed by atoms with Gasteiger partial charge in [0.1, 0.15) is 19.8 Å². The average Bonchev–Trinajstić information content (AvgIpc) is 2.87. The van der Waals surface area contributed by atoms with Crippen LogP contribution in [0.25, 0.3) is 0 Å². The smallest absolute Gasteiger partial charge is 0.305 e. The lowest BCUT2D eigenvalue weighted by Gasteiger charge is -2.28. The van der Waals surface area contributed by atoms with Crippen LogP contribution in [0.15, 0.2) is 48.6 Å². The quantitative estimate of drug-likeness (QED) is 0.0414. The van der Waals surface area contributed by atoms with Gasteiger partial charge in [0.05, 0.1) is 33.9 Å². The van der Waals surface area contributed by atoms with Gasteiger partial charge in [-0.25, -0.2) is 0 Å². The Balaban J connectivity index is 4.17. The lowest BCUT2D eigenvalue weighted by molar-refractivity contribution is -0.870. The number of quaternary nitrogens is 1. The second-order valence-corrected chi connectivity index (χ2v) is 12.1. The van der Waals surface area contributed by atoms with Gasteiger partial charge in [0.25, 0.3) is 7.82 Å². The Bertz CT molecular complexity index is 878. The number of carbonyl (C=O) groups is 2. The molecular formula is C30H52NO9P. The van der Waals surface area contributed by atoms with E-state index in [4.69, 9.17) is 18.5 Å². The molecule has 1 N–H and O–H groups in total. The van der Waals surface area contributed by atoms with Gasteiger partial charge in [0.15, 0.2) is 6.10 Å². The molecule has 0 aliphatic heterocycles. The summed E-state index contributed by atoms with van der Waals surface area (Å²) in [6, 6.07) is 0. The first-order chi connectivity index (χ1) is 19.3. The first-order valence-corrected chi connectivity index (χ1v) is 15.9. The van der Waals surface area contributed by atoms with Crippen LogP contribution in [-0.4, -0.2) is 81.2 Å². The molecule has 236 valence electrons. The lowest BCUT2D eigenvalue weighted by atomic mass is 10.1. The number of likely N-dealkylation sites (N-methyl/N-ethyl adjacent to an activating group) is 1. The van der Waals surface area contributed by atoms with E-state index in [2.05, 4.69) is 13.0 Å². The Kier molecular flexibility index (Phi) is 22.3. The summed E-state index contributed by atoms with van der Waals surface area (Å²) in [6.07, 6.45) is 21.5. The van der Waals surface area contributed by atoms with Crippen LogP contribution in [0.4, 0.5) is 0 Å². The van der Waals surface area contributed by atoms with E-state index in [1.165, 1.54) is 26.2 Å². The first-order valence-electron chi connectivity index (χ1n) is 14.4. The van der Waals surface area contributed by atoms with Gasteiger partial charge in [0, 0.05) is 13.3 Å². The first kappa shape index (κ1) is 38.9. The van der Waals surface area contributed by atoms with E-state index < -0.39 is 38.6 Å². The molecule has 0 aromatic rings. The average molecular weight is 602 g/mol. The Hall–Kier alpha value is -2.07.